The summed E-state index contributed by atoms with van der Waals surface area (Å²) in [5.41, 5.74) is -1.20. The van der Waals surface area contributed by atoms with E-state index in [-0.39, 0.29) is 76.4 Å². The number of aliphatic hydroxyl groups excluding tert-OH is 3. The topological polar surface area (TPSA) is 162 Å². The monoisotopic (exact) mass is 460 g/mol. The van der Waals surface area contributed by atoms with Gasteiger partial charge in [0.1, 0.15) is 37.1 Å². The summed E-state index contributed by atoms with van der Waals surface area (Å²) in [6, 6.07) is 2.02. The van der Waals surface area contributed by atoms with Crippen LogP contribution in [0.4, 0.5) is 0 Å². The average molecular weight is 462 g/mol. The summed E-state index contributed by atoms with van der Waals surface area (Å²) < 4.78 is 9.58. The maximum absolute atomic E-state index is 10.8. The Kier molecular flexibility index (Phi) is 18.7. The van der Waals surface area contributed by atoms with Gasteiger partial charge in [0.2, 0.25) is 22.4 Å². The predicted octanol–water partition coefficient (Wildman–Crippen LogP) is 1.17. The summed E-state index contributed by atoms with van der Waals surface area (Å²) in [6.07, 6.45) is 0. The Morgan fingerprint density at radius 2 is 1.22 bits per heavy atom. The van der Waals surface area contributed by atoms with E-state index < -0.39 is 35.6 Å². The van der Waals surface area contributed by atoms with E-state index in [2.05, 4.69) is 0 Å². The van der Waals surface area contributed by atoms with Crippen LogP contribution in [0, 0.1) is 6.92 Å². The van der Waals surface area contributed by atoms with Crippen LogP contribution in [0.15, 0.2) is 30.6 Å². The first-order chi connectivity index (χ1) is 10.8. The number of halogens is 1. The Morgan fingerprint density at radius 1 is 0.815 bits per heavy atom. The van der Waals surface area contributed by atoms with Gasteiger partial charge < -0.3 is 34.4 Å². The first-order valence-electron chi connectivity index (χ1n) is 6.34. The Labute approximate surface area is 175 Å². The molecule has 0 saturated carbocycles. The van der Waals surface area contributed by atoms with Crippen LogP contribution in [-0.4, -0.2) is 25.5 Å². The third-order valence-corrected chi connectivity index (χ3v) is 2.64. The second-order valence-corrected chi connectivity index (χ2v) is 4.30. The number of hydrogen-bond acceptors (Lipinski definition) is 9. The van der Waals surface area contributed by atoms with Crippen LogP contribution < -0.4 is 10.9 Å². The Balaban J connectivity index is -0.000000171. The fourth-order valence-corrected chi connectivity index (χ4v) is 1.51. The summed E-state index contributed by atoms with van der Waals surface area (Å²) in [4.78, 5) is 21.6. The Hall–Kier alpha value is -1.71. The van der Waals surface area contributed by atoms with Crippen molar-refractivity contribution in [3.8, 4) is 11.5 Å². The second-order valence-electron chi connectivity index (χ2n) is 4.30. The second kappa shape index (κ2) is 15.4. The van der Waals surface area contributed by atoms with Crippen LogP contribution in [0.3, 0.4) is 0 Å². The molecule has 2 aromatic rings. The standard InChI is InChI=1S/C7H8O5.C7H8O4.2CH4.ClH.Zn/c8-2-4-1-5(10)7(11)6(3-9)12-4;1-4-7(10)6(9)2-5(3-8)11-4;;;;/h1,8-9,11H,2-3H2;2,8,10H,3H2,1H3;2*1H4;1H;. The van der Waals surface area contributed by atoms with Gasteiger partial charge in [-0.15, -0.1) is 12.4 Å². The average Bonchev–Trinajstić information content (AvgIpc) is 2.55. The zero-order chi connectivity index (χ0) is 17.6. The van der Waals surface area contributed by atoms with Crippen molar-refractivity contribution in [1.29, 1.82) is 0 Å². The zero-order valence-electron chi connectivity index (χ0n) is 13.3. The van der Waals surface area contributed by atoms with Gasteiger partial charge in [0.15, 0.2) is 5.76 Å². The molecule has 9 nitrogen and oxygen atoms in total. The minimum Gasteiger partial charge on any atom is -0.502 e. The molecule has 0 aromatic carbocycles. The molecule has 0 aliphatic rings. The van der Waals surface area contributed by atoms with Crippen molar-refractivity contribution in [3.05, 3.63) is 55.6 Å². The van der Waals surface area contributed by atoms with E-state index in [1.807, 2.05) is 0 Å². The fraction of sp³-hybridized carbons (Fsp3) is 0.375. The molecule has 2 aromatic heterocycles. The third-order valence-electron chi connectivity index (χ3n) is 2.64. The summed E-state index contributed by atoms with van der Waals surface area (Å²) in [5, 5.41) is 43.6. The van der Waals surface area contributed by atoms with Gasteiger partial charge in [-0.2, -0.15) is 0 Å². The first kappa shape index (κ1) is 32.9. The molecule has 0 fully saturated rings. The summed E-state index contributed by atoms with van der Waals surface area (Å²) in [5.74, 6) is -0.947. The minimum atomic E-state index is -0.672. The molecule has 0 aliphatic heterocycles. The maximum atomic E-state index is 10.8. The molecule has 0 bridgehead atoms. The molecule has 152 valence electrons. The van der Waals surface area contributed by atoms with E-state index in [4.69, 9.17) is 34.4 Å². The SMILES string of the molecule is C.C.Cc1oc(CO)cc(=O)c1O.Cl.O=c1cc(CO)oc(CO)c1O.[Zn]. The van der Waals surface area contributed by atoms with Crippen LogP contribution in [0.2, 0.25) is 0 Å². The molecular formula is C16H25ClO9Zn. The van der Waals surface area contributed by atoms with Crippen molar-refractivity contribution in [2.75, 3.05) is 0 Å². The molecule has 0 spiro atoms. The third kappa shape index (κ3) is 9.17. The van der Waals surface area contributed by atoms with Crippen molar-refractivity contribution in [2.24, 2.45) is 0 Å². The number of aryl methyl sites for hydroxylation is 1. The van der Waals surface area contributed by atoms with Crippen molar-refractivity contribution < 1.29 is 53.8 Å². The maximum Gasteiger partial charge on any atom is 0.227 e. The van der Waals surface area contributed by atoms with Crippen LogP contribution in [-0.2, 0) is 39.3 Å². The molecule has 5 N–H and O–H groups in total. The molecule has 0 amide bonds. The summed E-state index contributed by atoms with van der Waals surface area (Å²) >= 11 is 0. The van der Waals surface area contributed by atoms with E-state index in [0.29, 0.717) is 0 Å². The Morgan fingerprint density at radius 3 is 1.59 bits per heavy atom. The zero-order valence-corrected chi connectivity index (χ0v) is 17.0. The van der Waals surface area contributed by atoms with Gasteiger partial charge in [-0.05, 0) is 6.92 Å². The van der Waals surface area contributed by atoms with Crippen molar-refractivity contribution in [1.82, 2.24) is 0 Å². The van der Waals surface area contributed by atoms with Crippen molar-refractivity contribution in [3.63, 3.8) is 0 Å². The van der Waals surface area contributed by atoms with E-state index in [1.54, 1.807) is 0 Å². The molecule has 0 radical (unpaired) electrons. The molecule has 11 heteroatoms. The molecular weight excluding hydrogens is 437 g/mol. The van der Waals surface area contributed by atoms with E-state index in [9.17, 15) is 9.59 Å². The summed E-state index contributed by atoms with van der Waals surface area (Å²) in [6.45, 7) is 0.101. The van der Waals surface area contributed by atoms with Gasteiger partial charge in [-0.3, -0.25) is 9.59 Å². The van der Waals surface area contributed by atoms with Crippen LogP contribution >= 0.6 is 12.4 Å². The normalized spacial score (nSPS) is 8.59. The van der Waals surface area contributed by atoms with Crippen LogP contribution in [0.1, 0.15) is 37.9 Å². The molecule has 0 unspecified atom stereocenters. The molecule has 27 heavy (non-hydrogen) atoms. The number of rotatable bonds is 3. The largest absolute Gasteiger partial charge is 0.502 e. The van der Waals surface area contributed by atoms with Gasteiger partial charge in [-0.1, -0.05) is 14.9 Å². The van der Waals surface area contributed by atoms with Gasteiger partial charge >= 0.3 is 0 Å². The predicted molar refractivity (Wildman–Crippen MR) is 96.5 cm³/mol. The quantitative estimate of drug-likeness (QED) is 0.422. The van der Waals surface area contributed by atoms with E-state index in [1.165, 1.54) is 6.92 Å². The molecule has 0 saturated heterocycles. The van der Waals surface area contributed by atoms with Gasteiger partial charge in [0, 0.05) is 31.6 Å². The smallest absolute Gasteiger partial charge is 0.227 e. The molecule has 2 rings (SSSR count). The van der Waals surface area contributed by atoms with Gasteiger partial charge in [0.05, 0.1) is 0 Å². The van der Waals surface area contributed by atoms with Crippen molar-refractivity contribution >= 4 is 12.4 Å². The fourth-order valence-electron chi connectivity index (χ4n) is 1.51. The van der Waals surface area contributed by atoms with Crippen LogP contribution in [0.5, 0.6) is 11.5 Å². The molecule has 2 heterocycles. The first-order valence-corrected chi connectivity index (χ1v) is 6.34. The molecule has 0 atom stereocenters. The van der Waals surface area contributed by atoms with E-state index in [0.717, 1.165) is 12.1 Å². The molecule has 0 aliphatic carbocycles. The number of aromatic hydroxyl groups is 2. The van der Waals surface area contributed by atoms with Gasteiger partial charge in [-0.25, -0.2) is 0 Å². The number of hydrogen-bond donors (Lipinski definition) is 5. The van der Waals surface area contributed by atoms with Crippen molar-refractivity contribution in [2.45, 2.75) is 41.6 Å². The van der Waals surface area contributed by atoms with E-state index >= 15 is 0 Å². The van der Waals surface area contributed by atoms with Gasteiger partial charge in [0.25, 0.3) is 0 Å². The Bertz CT molecular complexity index is 786. The minimum absolute atomic E-state index is 0. The summed E-state index contributed by atoms with van der Waals surface area (Å²) in [7, 11) is 0. The number of aliphatic hydroxyl groups is 3. The van der Waals surface area contributed by atoms with Crippen LogP contribution in [0.25, 0.3) is 0 Å².